The van der Waals surface area contributed by atoms with Crippen LogP contribution in [0.2, 0.25) is 0 Å². The van der Waals surface area contributed by atoms with Crippen LogP contribution in [0.25, 0.3) is 11.0 Å². The van der Waals surface area contributed by atoms with Gasteiger partial charge in [0.05, 0.1) is 4.83 Å². The molecule has 0 aliphatic rings. The molecule has 102 valence electrons. The van der Waals surface area contributed by atoms with Crippen LogP contribution in [-0.2, 0) is 0 Å². The van der Waals surface area contributed by atoms with Gasteiger partial charge < -0.3 is 4.42 Å². The van der Waals surface area contributed by atoms with Crippen LogP contribution in [0.15, 0.2) is 53.1 Å². The first-order valence-electron chi connectivity index (χ1n) is 6.70. The van der Waals surface area contributed by atoms with Crippen molar-refractivity contribution in [2.24, 2.45) is 0 Å². The molecule has 0 saturated carbocycles. The minimum atomic E-state index is 0.116. The first-order chi connectivity index (χ1) is 9.65. The molecule has 0 aliphatic carbocycles. The Hall–Kier alpha value is -1.61. The van der Waals surface area contributed by atoms with Gasteiger partial charge in [-0.15, -0.1) is 0 Å². The molecule has 0 aliphatic heterocycles. The van der Waals surface area contributed by atoms with E-state index in [1.54, 1.807) is 0 Å². The third-order valence-electron chi connectivity index (χ3n) is 3.56. The lowest BCUT2D eigenvalue weighted by Gasteiger charge is -2.15. The summed E-state index contributed by atoms with van der Waals surface area (Å²) in [5.41, 5.74) is 3.24. The minimum absolute atomic E-state index is 0.116. The molecule has 0 N–H and O–H groups in total. The zero-order valence-electron chi connectivity index (χ0n) is 11.5. The number of benzene rings is 1. The average molecular weight is 330 g/mol. The normalized spacial score (nSPS) is 14.3. The molecule has 0 fully saturated rings. The van der Waals surface area contributed by atoms with E-state index in [9.17, 15) is 0 Å². The summed E-state index contributed by atoms with van der Waals surface area (Å²) >= 11 is 3.75. The Balaban J connectivity index is 1.94. The van der Waals surface area contributed by atoms with E-state index in [0.717, 1.165) is 22.4 Å². The van der Waals surface area contributed by atoms with Crippen molar-refractivity contribution in [2.45, 2.75) is 24.6 Å². The topological polar surface area (TPSA) is 26.0 Å². The summed E-state index contributed by atoms with van der Waals surface area (Å²) in [5, 5.41) is 1.15. The molecule has 2 nitrogen and oxygen atoms in total. The molecule has 1 aromatic carbocycles. The number of nitrogens with zero attached hydrogens (tertiary/aromatic N) is 1. The number of aromatic nitrogens is 1. The van der Waals surface area contributed by atoms with Gasteiger partial charge in [0.2, 0.25) is 0 Å². The van der Waals surface area contributed by atoms with E-state index in [4.69, 9.17) is 4.42 Å². The van der Waals surface area contributed by atoms with Crippen molar-refractivity contribution in [3.05, 3.63) is 65.7 Å². The van der Waals surface area contributed by atoms with Crippen LogP contribution in [0.3, 0.4) is 0 Å². The second-order valence-corrected chi connectivity index (χ2v) is 6.12. The molecule has 2 unspecified atom stereocenters. The lowest BCUT2D eigenvalue weighted by atomic mass is 10.0. The molecular formula is C17H16BrNO. The van der Waals surface area contributed by atoms with Crippen LogP contribution in [0, 0.1) is 6.92 Å². The largest absolute Gasteiger partial charge is 0.460 e. The molecule has 0 spiro atoms. The third kappa shape index (κ3) is 2.50. The smallest absolute Gasteiger partial charge is 0.134 e. The van der Waals surface area contributed by atoms with Gasteiger partial charge in [-0.1, -0.05) is 40.5 Å². The van der Waals surface area contributed by atoms with Gasteiger partial charge in [-0.05, 0) is 37.3 Å². The van der Waals surface area contributed by atoms with Crippen molar-refractivity contribution in [1.29, 1.82) is 0 Å². The fraction of sp³-hybridized carbons (Fsp3) is 0.235. The van der Waals surface area contributed by atoms with Gasteiger partial charge >= 0.3 is 0 Å². The third-order valence-corrected chi connectivity index (χ3v) is 4.80. The Morgan fingerprint density at radius 2 is 2.00 bits per heavy atom. The number of aryl methyl sites for hydroxylation is 1. The number of fused-ring (bicyclic) bond motifs is 1. The first kappa shape index (κ1) is 13.4. The van der Waals surface area contributed by atoms with Crippen molar-refractivity contribution in [3.8, 4) is 0 Å². The molecule has 0 bridgehead atoms. The van der Waals surface area contributed by atoms with Gasteiger partial charge in [-0.2, -0.15) is 0 Å². The number of hydrogen-bond acceptors (Lipinski definition) is 2. The maximum absolute atomic E-state index is 5.95. The molecule has 2 atom stereocenters. The number of furan rings is 1. The van der Waals surface area contributed by atoms with Gasteiger partial charge in [-0.3, -0.25) is 4.98 Å². The van der Waals surface area contributed by atoms with Crippen molar-refractivity contribution < 1.29 is 4.42 Å². The van der Waals surface area contributed by atoms with Gasteiger partial charge in [0.25, 0.3) is 0 Å². The van der Waals surface area contributed by atoms with Gasteiger partial charge in [0.1, 0.15) is 11.3 Å². The van der Waals surface area contributed by atoms with E-state index in [1.165, 1.54) is 5.56 Å². The van der Waals surface area contributed by atoms with E-state index in [-0.39, 0.29) is 10.7 Å². The molecule has 2 heterocycles. The summed E-state index contributed by atoms with van der Waals surface area (Å²) in [6.45, 7) is 4.24. The fourth-order valence-corrected chi connectivity index (χ4v) is 2.86. The lowest BCUT2D eigenvalue weighted by Crippen LogP contribution is -2.02. The number of halogens is 1. The molecule has 20 heavy (non-hydrogen) atoms. The number of alkyl halides is 1. The van der Waals surface area contributed by atoms with Crippen molar-refractivity contribution in [3.63, 3.8) is 0 Å². The fourth-order valence-electron chi connectivity index (χ4n) is 2.36. The van der Waals surface area contributed by atoms with Crippen LogP contribution in [0.4, 0.5) is 0 Å². The zero-order valence-corrected chi connectivity index (χ0v) is 13.1. The molecule has 3 aromatic rings. The van der Waals surface area contributed by atoms with E-state index in [0.29, 0.717) is 0 Å². The molecule has 0 radical (unpaired) electrons. The van der Waals surface area contributed by atoms with Gasteiger partial charge in [0, 0.05) is 23.2 Å². The summed E-state index contributed by atoms with van der Waals surface area (Å²) < 4.78 is 5.95. The summed E-state index contributed by atoms with van der Waals surface area (Å²) in [7, 11) is 0. The first-order valence-corrected chi connectivity index (χ1v) is 7.62. The Morgan fingerprint density at radius 1 is 1.15 bits per heavy atom. The Morgan fingerprint density at radius 3 is 2.75 bits per heavy atom. The molecule has 2 aromatic heterocycles. The van der Waals surface area contributed by atoms with Gasteiger partial charge in [-0.25, -0.2) is 0 Å². The van der Waals surface area contributed by atoms with Crippen LogP contribution >= 0.6 is 15.9 Å². The van der Waals surface area contributed by atoms with Crippen molar-refractivity contribution in [1.82, 2.24) is 4.98 Å². The number of hydrogen-bond donors (Lipinski definition) is 0. The molecule has 0 amide bonds. The van der Waals surface area contributed by atoms with Crippen LogP contribution in [-0.4, -0.2) is 4.98 Å². The van der Waals surface area contributed by atoms with E-state index in [1.807, 2.05) is 30.5 Å². The maximum atomic E-state index is 5.95. The summed E-state index contributed by atoms with van der Waals surface area (Å²) in [5.74, 6) is 1.20. The van der Waals surface area contributed by atoms with Crippen LogP contribution < -0.4 is 0 Å². The molecular weight excluding hydrogens is 314 g/mol. The highest BCUT2D eigenvalue weighted by Crippen LogP contribution is 2.39. The maximum Gasteiger partial charge on any atom is 0.134 e. The minimum Gasteiger partial charge on any atom is -0.460 e. The summed E-state index contributed by atoms with van der Waals surface area (Å²) in [4.78, 5) is 4.54. The monoisotopic (exact) mass is 329 g/mol. The highest BCUT2D eigenvalue weighted by atomic mass is 79.9. The standard InChI is InChI=1S/C17H16BrNO/c1-11-6-7-15-13(9-11)10-16(20-15)17(18)12(2)14-5-3-4-8-19-14/h3-10,12,17H,1-2H3. The molecule has 0 saturated heterocycles. The Bertz CT molecular complexity index is 720. The van der Waals surface area contributed by atoms with Crippen molar-refractivity contribution >= 4 is 26.9 Å². The van der Waals surface area contributed by atoms with Crippen LogP contribution in [0.1, 0.15) is 34.7 Å². The van der Waals surface area contributed by atoms with Crippen LogP contribution in [0.5, 0.6) is 0 Å². The average Bonchev–Trinajstić information content (AvgIpc) is 2.89. The second-order valence-electron chi connectivity index (χ2n) is 5.14. The van der Waals surface area contributed by atoms with Gasteiger partial charge in [0.15, 0.2) is 0 Å². The highest BCUT2D eigenvalue weighted by Gasteiger charge is 2.22. The zero-order chi connectivity index (χ0) is 14.1. The second kappa shape index (κ2) is 5.41. The predicted molar refractivity (Wildman–Crippen MR) is 85.3 cm³/mol. The number of rotatable bonds is 3. The Kier molecular flexibility index (Phi) is 3.62. The van der Waals surface area contributed by atoms with Crippen molar-refractivity contribution in [2.75, 3.05) is 0 Å². The predicted octanol–water partition coefficient (Wildman–Crippen LogP) is 5.38. The van der Waals surface area contributed by atoms with E-state index in [2.05, 4.69) is 53.0 Å². The summed E-state index contributed by atoms with van der Waals surface area (Å²) in [6, 6.07) is 14.4. The lowest BCUT2D eigenvalue weighted by molar-refractivity contribution is 0.521. The molecule has 3 heteroatoms. The van der Waals surface area contributed by atoms with E-state index < -0.39 is 0 Å². The highest BCUT2D eigenvalue weighted by molar-refractivity contribution is 9.09. The quantitative estimate of drug-likeness (QED) is 0.603. The summed E-state index contributed by atoms with van der Waals surface area (Å²) in [6.07, 6.45) is 1.83. The Labute approximate surface area is 127 Å². The number of pyridine rings is 1. The molecule has 3 rings (SSSR count). The van der Waals surface area contributed by atoms with E-state index >= 15 is 0 Å². The SMILES string of the molecule is Cc1ccc2oc(C(Br)C(C)c3ccccn3)cc2c1.